The minimum Gasteiger partial charge on any atom is -0.496 e. The Morgan fingerprint density at radius 1 is 0.870 bits per heavy atom. The first kappa shape index (κ1) is 16.4. The number of para-hydroxylation sites is 1. The van der Waals surface area contributed by atoms with E-state index in [1.165, 1.54) is 20.3 Å². The highest BCUT2D eigenvalue weighted by Crippen LogP contribution is 2.34. The predicted molar refractivity (Wildman–Crippen MR) is 87.2 cm³/mol. The van der Waals surface area contributed by atoms with Crippen LogP contribution in [0.15, 0.2) is 48.5 Å². The second-order valence-corrected chi connectivity index (χ2v) is 4.51. The lowest BCUT2D eigenvalue weighted by atomic mass is 10.1. The van der Waals surface area contributed by atoms with Crippen molar-refractivity contribution in [3.05, 3.63) is 54.1 Å². The number of carbonyl (C=O) groups is 1. The van der Waals surface area contributed by atoms with Gasteiger partial charge in [0.25, 0.3) is 0 Å². The van der Waals surface area contributed by atoms with Crippen LogP contribution in [-0.4, -0.2) is 27.3 Å². The van der Waals surface area contributed by atoms with Crippen LogP contribution in [0, 0.1) is 0 Å². The Balaban J connectivity index is 2.22. The van der Waals surface area contributed by atoms with Gasteiger partial charge in [-0.2, -0.15) is 0 Å². The third kappa shape index (κ3) is 4.26. The number of benzene rings is 2. The second kappa shape index (κ2) is 7.89. The van der Waals surface area contributed by atoms with Crippen molar-refractivity contribution in [1.29, 1.82) is 0 Å². The van der Waals surface area contributed by atoms with Crippen LogP contribution in [0.4, 0.5) is 0 Å². The summed E-state index contributed by atoms with van der Waals surface area (Å²) in [5.74, 6) is 1.66. The molecule has 0 N–H and O–H groups in total. The van der Waals surface area contributed by atoms with Gasteiger partial charge in [0, 0.05) is 18.2 Å². The third-order valence-corrected chi connectivity index (χ3v) is 3.10. The summed E-state index contributed by atoms with van der Waals surface area (Å²) >= 11 is 0. The van der Waals surface area contributed by atoms with Crippen molar-refractivity contribution in [2.45, 2.75) is 0 Å². The molecule has 23 heavy (non-hydrogen) atoms. The van der Waals surface area contributed by atoms with E-state index in [-0.39, 0.29) is 0 Å². The monoisotopic (exact) mass is 314 g/mol. The summed E-state index contributed by atoms with van der Waals surface area (Å²) in [6, 6.07) is 12.3. The minimum absolute atomic E-state index is 0.482. The van der Waals surface area contributed by atoms with E-state index in [0.717, 1.165) is 0 Å². The van der Waals surface area contributed by atoms with Crippen molar-refractivity contribution in [1.82, 2.24) is 0 Å². The van der Waals surface area contributed by atoms with Crippen LogP contribution < -0.4 is 18.9 Å². The predicted octanol–water partition coefficient (Wildman–Crippen LogP) is 3.33. The van der Waals surface area contributed by atoms with Crippen molar-refractivity contribution in [2.24, 2.45) is 0 Å². The van der Waals surface area contributed by atoms with Crippen LogP contribution in [0.5, 0.6) is 23.0 Å². The largest absolute Gasteiger partial charge is 0.496 e. The van der Waals surface area contributed by atoms with Gasteiger partial charge in [-0.3, -0.25) is 0 Å². The molecule has 0 radical (unpaired) electrons. The number of rotatable bonds is 6. The molecule has 0 fully saturated rings. The van der Waals surface area contributed by atoms with Gasteiger partial charge in [-0.05, 0) is 18.2 Å². The molecule has 0 aliphatic rings. The quantitative estimate of drug-likeness (QED) is 0.465. The SMILES string of the molecule is COc1cc(OC)c(C=CC(=O)Oc2ccccc2)c(OC)c1. The summed E-state index contributed by atoms with van der Waals surface area (Å²) in [6.07, 6.45) is 2.90. The van der Waals surface area contributed by atoms with E-state index >= 15 is 0 Å². The van der Waals surface area contributed by atoms with Crippen LogP contribution in [-0.2, 0) is 4.79 Å². The Labute approximate surface area is 135 Å². The summed E-state index contributed by atoms with van der Waals surface area (Å²) in [6.45, 7) is 0. The molecule has 0 unspecified atom stereocenters. The Bertz CT molecular complexity index is 667. The van der Waals surface area contributed by atoms with Crippen molar-refractivity contribution in [2.75, 3.05) is 21.3 Å². The van der Waals surface area contributed by atoms with Gasteiger partial charge in [-0.15, -0.1) is 0 Å². The molecule has 0 heterocycles. The van der Waals surface area contributed by atoms with Gasteiger partial charge < -0.3 is 18.9 Å². The lowest BCUT2D eigenvalue weighted by molar-refractivity contribution is -0.128. The van der Waals surface area contributed by atoms with E-state index < -0.39 is 5.97 Å². The van der Waals surface area contributed by atoms with Crippen LogP contribution >= 0.6 is 0 Å². The molecule has 0 amide bonds. The number of methoxy groups -OCH3 is 3. The van der Waals surface area contributed by atoms with Crippen LogP contribution in [0.3, 0.4) is 0 Å². The normalized spacial score (nSPS) is 10.4. The smallest absolute Gasteiger partial charge is 0.336 e. The van der Waals surface area contributed by atoms with E-state index in [2.05, 4.69) is 0 Å². The zero-order chi connectivity index (χ0) is 16.7. The molecule has 0 spiro atoms. The molecular formula is C18H18O5. The first-order valence-electron chi connectivity index (χ1n) is 6.93. The molecule has 0 saturated carbocycles. The van der Waals surface area contributed by atoms with Gasteiger partial charge in [0.05, 0.1) is 26.9 Å². The van der Waals surface area contributed by atoms with Crippen LogP contribution in [0.25, 0.3) is 6.08 Å². The lowest BCUT2D eigenvalue weighted by Crippen LogP contribution is -2.03. The molecule has 5 nitrogen and oxygen atoms in total. The maximum Gasteiger partial charge on any atom is 0.336 e. The van der Waals surface area contributed by atoms with Crippen molar-refractivity contribution >= 4 is 12.0 Å². The molecule has 0 aliphatic carbocycles. The van der Waals surface area contributed by atoms with E-state index in [1.54, 1.807) is 49.6 Å². The highest BCUT2D eigenvalue weighted by Gasteiger charge is 2.11. The molecule has 2 aromatic carbocycles. The zero-order valence-electron chi connectivity index (χ0n) is 13.2. The zero-order valence-corrected chi connectivity index (χ0v) is 13.2. The maximum atomic E-state index is 11.9. The average Bonchev–Trinajstić information content (AvgIpc) is 2.59. The van der Waals surface area contributed by atoms with Gasteiger partial charge in [-0.25, -0.2) is 4.79 Å². The fraction of sp³-hybridized carbons (Fsp3) is 0.167. The summed E-state index contributed by atoms with van der Waals surface area (Å²) in [4.78, 5) is 11.9. The Morgan fingerprint density at radius 3 is 2.00 bits per heavy atom. The fourth-order valence-electron chi connectivity index (χ4n) is 1.99. The highest BCUT2D eigenvalue weighted by molar-refractivity contribution is 5.90. The van der Waals surface area contributed by atoms with Crippen molar-refractivity contribution < 1.29 is 23.7 Å². The maximum absolute atomic E-state index is 11.9. The molecule has 0 atom stereocenters. The van der Waals surface area contributed by atoms with E-state index in [9.17, 15) is 4.79 Å². The van der Waals surface area contributed by atoms with Gasteiger partial charge in [0.1, 0.15) is 23.0 Å². The average molecular weight is 314 g/mol. The molecule has 5 heteroatoms. The minimum atomic E-state index is -0.490. The summed E-state index contributed by atoms with van der Waals surface area (Å²) in [5.41, 5.74) is 0.626. The van der Waals surface area contributed by atoms with Gasteiger partial charge >= 0.3 is 5.97 Å². The van der Waals surface area contributed by atoms with Gasteiger partial charge in [-0.1, -0.05) is 18.2 Å². The number of hydrogen-bond acceptors (Lipinski definition) is 5. The number of hydrogen-bond donors (Lipinski definition) is 0. The standard InChI is InChI=1S/C18H18O5/c1-20-14-11-16(21-2)15(17(12-14)22-3)9-10-18(19)23-13-7-5-4-6-8-13/h4-12H,1-3H3. The summed E-state index contributed by atoms with van der Waals surface area (Å²) < 4.78 is 21.0. The number of ether oxygens (including phenoxy) is 4. The molecule has 120 valence electrons. The Morgan fingerprint density at radius 2 is 1.48 bits per heavy atom. The lowest BCUT2D eigenvalue weighted by Gasteiger charge is -2.12. The molecule has 2 aromatic rings. The van der Waals surface area contributed by atoms with Crippen LogP contribution in [0.2, 0.25) is 0 Å². The molecule has 0 aliphatic heterocycles. The summed E-state index contributed by atoms with van der Waals surface area (Å²) in [7, 11) is 4.63. The fourth-order valence-corrected chi connectivity index (χ4v) is 1.99. The number of carbonyl (C=O) groups excluding carboxylic acids is 1. The second-order valence-electron chi connectivity index (χ2n) is 4.51. The molecular weight excluding hydrogens is 296 g/mol. The topological polar surface area (TPSA) is 54.0 Å². The number of esters is 1. The van der Waals surface area contributed by atoms with E-state index in [4.69, 9.17) is 18.9 Å². The molecule has 0 bridgehead atoms. The molecule has 0 saturated heterocycles. The summed E-state index contributed by atoms with van der Waals surface area (Å²) in [5, 5.41) is 0. The van der Waals surface area contributed by atoms with Gasteiger partial charge in [0.15, 0.2) is 0 Å². The highest BCUT2D eigenvalue weighted by atomic mass is 16.5. The van der Waals surface area contributed by atoms with Crippen molar-refractivity contribution in [3.8, 4) is 23.0 Å². The van der Waals surface area contributed by atoms with E-state index in [0.29, 0.717) is 28.6 Å². The molecule has 0 aromatic heterocycles. The Hall–Kier alpha value is -2.95. The third-order valence-electron chi connectivity index (χ3n) is 3.10. The molecule has 2 rings (SSSR count). The van der Waals surface area contributed by atoms with E-state index in [1.807, 2.05) is 6.07 Å². The van der Waals surface area contributed by atoms with Crippen LogP contribution in [0.1, 0.15) is 5.56 Å². The Kier molecular flexibility index (Phi) is 5.63. The van der Waals surface area contributed by atoms with Gasteiger partial charge in [0.2, 0.25) is 0 Å². The van der Waals surface area contributed by atoms with Crippen molar-refractivity contribution in [3.63, 3.8) is 0 Å². The first-order valence-corrected chi connectivity index (χ1v) is 6.93. The first-order chi connectivity index (χ1) is 11.2.